The van der Waals surface area contributed by atoms with Gasteiger partial charge in [0.25, 0.3) is 0 Å². The van der Waals surface area contributed by atoms with E-state index in [0.717, 1.165) is 32.4 Å². The van der Waals surface area contributed by atoms with E-state index in [9.17, 15) is 0 Å². The summed E-state index contributed by atoms with van der Waals surface area (Å²) in [5.41, 5.74) is 7.54. The Morgan fingerprint density at radius 3 is 2.68 bits per heavy atom. The van der Waals surface area contributed by atoms with Crippen LogP contribution >= 0.6 is 0 Å². The molecule has 1 aliphatic rings. The predicted octanol–water partition coefficient (Wildman–Crippen LogP) is 2.06. The van der Waals surface area contributed by atoms with E-state index in [1.54, 1.807) is 7.11 Å². The summed E-state index contributed by atoms with van der Waals surface area (Å²) in [6, 6.07) is 10.7. The van der Waals surface area contributed by atoms with E-state index >= 15 is 0 Å². The highest BCUT2D eigenvalue weighted by atomic mass is 16.5. The number of hydrogen-bond acceptors (Lipinski definition) is 3. The molecule has 3 heteroatoms. The number of ether oxygens (including phenoxy) is 1. The topological polar surface area (TPSA) is 38.5 Å². The Bertz CT molecular complexity index is 382. The van der Waals surface area contributed by atoms with E-state index in [0.29, 0.717) is 12.6 Å². The minimum atomic E-state index is 0.0864. The van der Waals surface area contributed by atoms with Gasteiger partial charge in [0.2, 0.25) is 0 Å². The number of nitrogens with zero attached hydrogens (tertiary/aromatic N) is 1. The minimum Gasteiger partial charge on any atom is -0.380 e. The molecular weight excluding hydrogens is 236 g/mol. The molecule has 2 unspecified atom stereocenters. The van der Waals surface area contributed by atoms with Gasteiger partial charge >= 0.3 is 0 Å². The lowest BCUT2D eigenvalue weighted by Gasteiger charge is -2.38. The SMILES string of the molecule is COC1CCN(C(C)(CN)CCc2ccccc2)C1. The number of methoxy groups -OCH3 is 1. The molecule has 1 fully saturated rings. The van der Waals surface area contributed by atoms with Gasteiger partial charge in [0.1, 0.15) is 0 Å². The number of aryl methyl sites for hydroxylation is 1. The fourth-order valence-corrected chi connectivity index (χ4v) is 2.86. The quantitative estimate of drug-likeness (QED) is 0.853. The first-order valence-electron chi connectivity index (χ1n) is 7.20. The van der Waals surface area contributed by atoms with Crippen LogP contribution in [0.2, 0.25) is 0 Å². The summed E-state index contributed by atoms with van der Waals surface area (Å²) in [5.74, 6) is 0. The van der Waals surface area contributed by atoms with Crippen molar-refractivity contribution in [2.45, 2.75) is 37.8 Å². The summed E-state index contributed by atoms with van der Waals surface area (Å²) in [6.45, 7) is 5.10. The average Bonchev–Trinajstić information content (AvgIpc) is 2.95. The smallest absolute Gasteiger partial charge is 0.0710 e. The third-order valence-corrected chi connectivity index (χ3v) is 4.48. The highest BCUT2D eigenvalue weighted by molar-refractivity contribution is 5.15. The number of hydrogen-bond donors (Lipinski definition) is 1. The molecule has 0 saturated carbocycles. The third-order valence-electron chi connectivity index (χ3n) is 4.48. The lowest BCUT2D eigenvalue weighted by molar-refractivity contribution is 0.0768. The van der Waals surface area contributed by atoms with Crippen molar-refractivity contribution in [2.75, 3.05) is 26.7 Å². The van der Waals surface area contributed by atoms with Crippen LogP contribution in [0, 0.1) is 0 Å². The molecule has 3 nitrogen and oxygen atoms in total. The summed E-state index contributed by atoms with van der Waals surface area (Å²) in [4.78, 5) is 2.50. The van der Waals surface area contributed by atoms with Crippen molar-refractivity contribution >= 4 is 0 Å². The van der Waals surface area contributed by atoms with E-state index in [1.807, 2.05) is 0 Å². The molecule has 0 aromatic heterocycles. The standard InChI is InChI=1S/C16H26N2O/c1-16(13-17,18-11-9-15(12-18)19-2)10-8-14-6-4-3-5-7-14/h3-7,15H,8-13,17H2,1-2H3. The second-order valence-electron chi connectivity index (χ2n) is 5.78. The van der Waals surface area contributed by atoms with Gasteiger partial charge in [-0.1, -0.05) is 30.3 Å². The Hall–Kier alpha value is -0.900. The van der Waals surface area contributed by atoms with E-state index in [1.165, 1.54) is 5.56 Å². The largest absolute Gasteiger partial charge is 0.380 e. The van der Waals surface area contributed by atoms with E-state index < -0.39 is 0 Å². The Morgan fingerprint density at radius 2 is 2.11 bits per heavy atom. The van der Waals surface area contributed by atoms with Gasteiger partial charge in [0.05, 0.1) is 6.10 Å². The second kappa shape index (κ2) is 6.51. The molecule has 19 heavy (non-hydrogen) atoms. The third kappa shape index (κ3) is 3.56. The van der Waals surface area contributed by atoms with Gasteiger partial charge in [0, 0.05) is 32.3 Å². The molecule has 2 N–H and O–H groups in total. The Labute approximate surface area is 116 Å². The molecule has 1 saturated heterocycles. The van der Waals surface area contributed by atoms with Crippen LogP contribution in [-0.2, 0) is 11.2 Å². The maximum Gasteiger partial charge on any atom is 0.0710 e. The molecular formula is C16H26N2O. The molecule has 106 valence electrons. The van der Waals surface area contributed by atoms with Crippen LogP contribution in [0.4, 0.5) is 0 Å². The number of benzene rings is 1. The second-order valence-corrected chi connectivity index (χ2v) is 5.78. The summed E-state index contributed by atoms with van der Waals surface area (Å²) in [7, 11) is 1.80. The van der Waals surface area contributed by atoms with Gasteiger partial charge in [-0.25, -0.2) is 0 Å². The van der Waals surface area contributed by atoms with E-state index in [-0.39, 0.29) is 5.54 Å². The van der Waals surface area contributed by atoms with Gasteiger partial charge in [-0.05, 0) is 31.7 Å². The normalized spacial score (nSPS) is 23.4. The fourth-order valence-electron chi connectivity index (χ4n) is 2.86. The first-order chi connectivity index (χ1) is 9.18. The van der Waals surface area contributed by atoms with Crippen molar-refractivity contribution in [1.29, 1.82) is 0 Å². The Kier molecular flexibility index (Phi) is 4.97. The minimum absolute atomic E-state index is 0.0864. The summed E-state index contributed by atoms with van der Waals surface area (Å²) >= 11 is 0. The van der Waals surface area contributed by atoms with Gasteiger partial charge in [-0.2, -0.15) is 0 Å². The molecule has 0 spiro atoms. The van der Waals surface area contributed by atoms with Crippen molar-refractivity contribution < 1.29 is 4.74 Å². The predicted molar refractivity (Wildman–Crippen MR) is 79.2 cm³/mol. The van der Waals surface area contributed by atoms with Crippen molar-refractivity contribution in [2.24, 2.45) is 5.73 Å². The first kappa shape index (κ1) is 14.5. The molecule has 0 radical (unpaired) electrons. The molecule has 2 atom stereocenters. The van der Waals surface area contributed by atoms with Gasteiger partial charge in [-0.15, -0.1) is 0 Å². The summed E-state index contributed by atoms with van der Waals surface area (Å²) < 4.78 is 5.46. The maximum absolute atomic E-state index is 6.06. The first-order valence-corrected chi connectivity index (χ1v) is 7.20. The summed E-state index contributed by atoms with van der Waals surface area (Å²) in [5, 5.41) is 0. The van der Waals surface area contributed by atoms with Crippen LogP contribution in [0.5, 0.6) is 0 Å². The zero-order valence-corrected chi connectivity index (χ0v) is 12.1. The van der Waals surface area contributed by atoms with Crippen molar-refractivity contribution in [1.82, 2.24) is 4.90 Å². The molecule has 0 amide bonds. The molecule has 0 bridgehead atoms. The highest BCUT2D eigenvalue weighted by Gasteiger charge is 2.35. The van der Waals surface area contributed by atoms with E-state index in [4.69, 9.17) is 10.5 Å². The van der Waals surface area contributed by atoms with Gasteiger partial charge < -0.3 is 10.5 Å². The zero-order chi connectivity index (χ0) is 13.7. The Morgan fingerprint density at radius 1 is 1.37 bits per heavy atom. The van der Waals surface area contributed by atoms with Crippen molar-refractivity contribution in [3.05, 3.63) is 35.9 Å². The van der Waals surface area contributed by atoms with Gasteiger partial charge in [0.15, 0.2) is 0 Å². The average molecular weight is 262 g/mol. The molecule has 1 aromatic carbocycles. The maximum atomic E-state index is 6.06. The Balaban J connectivity index is 1.94. The van der Waals surface area contributed by atoms with Crippen molar-refractivity contribution in [3.63, 3.8) is 0 Å². The van der Waals surface area contributed by atoms with Crippen LogP contribution in [0.25, 0.3) is 0 Å². The zero-order valence-electron chi connectivity index (χ0n) is 12.1. The summed E-state index contributed by atoms with van der Waals surface area (Å²) in [6.07, 6.45) is 3.69. The van der Waals surface area contributed by atoms with Crippen LogP contribution in [-0.4, -0.2) is 43.3 Å². The van der Waals surface area contributed by atoms with Crippen LogP contribution in [0.3, 0.4) is 0 Å². The van der Waals surface area contributed by atoms with Crippen molar-refractivity contribution in [3.8, 4) is 0 Å². The number of rotatable bonds is 6. The van der Waals surface area contributed by atoms with Gasteiger partial charge in [-0.3, -0.25) is 4.90 Å². The van der Waals surface area contributed by atoms with Crippen LogP contribution in [0.1, 0.15) is 25.3 Å². The molecule has 2 rings (SSSR count). The van der Waals surface area contributed by atoms with Crippen LogP contribution < -0.4 is 5.73 Å². The molecule has 1 heterocycles. The fraction of sp³-hybridized carbons (Fsp3) is 0.625. The van der Waals surface area contributed by atoms with E-state index in [2.05, 4.69) is 42.2 Å². The number of nitrogens with two attached hydrogens (primary N) is 1. The monoisotopic (exact) mass is 262 g/mol. The number of likely N-dealkylation sites (tertiary alicyclic amines) is 1. The molecule has 1 aliphatic heterocycles. The lowest BCUT2D eigenvalue weighted by atomic mass is 9.91. The molecule has 0 aliphatic carbocycles. The van der Waals surface area contributed by atoms with Crippen LogP contribution in [0.15, 0.2) is 30.3 Å². The lowest BCUT2D eigenvalue weighted by Crippen LogP contribution is -2.51. The highest BCUT2D eigenvalue weighted by Crippen LogP contribution is 2.26. The molecule has 1 aromatic rings.